The van der Waals surface area contributed by atoms with Crippen LogP contribution in [0.3, 0.4) is 0 Å². The number of rotatable bonds is 5. The van der Waals surface area contributed by atoms with Gasteiger partial charge < -0.3 is 20.5 Å². The Balaban J connectivity index is 1.33. The van der Waals surface area contributed by atoms with Crippen molar-refractivity contribution in [3.63, 3.8) is 0 Å². The SMILES string of the molecule is NC1CCC(N(c2cc(-c3c[nH]c4ncccc34)cc(Cl)n2)C2CCN(C3CCC3)CC2)CC1. The topological polar surface area (TPSA) is 74.1 Å². The van der Waals surface area contributed by atoms with Gasteiger partial charge in [-0.3, -0.25) is 0 Å². The number of anilines is 1. The van der Waals surface area contributed by atoms with E-state index in [0.29, 0.717) is 23.3 Å². The first kappa shape index (κ1) is 22.3. The number of hydrogen-bond donors (Lipinski definition) is 2. The molecule has 0 radical (unpaired) electrons. The molecule has 7 heteroatoms. The summed E-state index contributed by atoms with van der Waals surface area (Å²) in [5.41, 5.74) is 9.40. The maximum Gasteiger partial charge on any atom is 0.137 e. The van der Waals surface area contributed by atoms with Gasteiger partial charge in [0.05, 0.1) is 0 Å². The molecule has 3 aromatic heterocycles. The van der Waals surface area contributed by atoms with E-state index in [2.05, 4.69) is 31.9 Å². The molecular formula is C27H35ClN6. The van der Waals surface area contributed by atoms with Crippen molar-refractivity contribution in [3.8, 4) is 11.1 Å². The van der Waals surface area contributed by atoms with Gasteiger partial charge in [-0.25, -0.2) is 9.97 Å². The largest absolute Gasteiger partial charge is 0.350 e. The van der Waals surface area contributed by atoms with E-state index < -0.39 is 0 Å². The zero-order valence-corrected chi connectivity index (χ0v) is 20.6. The zero-order valence-electron chi connectivity index (χ0n) is 19.8. The minimum atomic E-state index is 0.333. The van der Waals surface area contributed by atoms with Gasteiger partial charge in [0.2, 0.25) is 0 Å². The second-order valence-electron chi connectivity index (χ2n) is 10.5. The Bertz CT molecular complexity index is 1130. The fraction of sp³-hybridized carbons (Fsp3) is 0.556. The lowest BCUT2D eigenvalue weighted by molar-refractivity contribution is 0.0945. The number of halogens is 1. The molecule has 0 bridgehead atoms. The Kier molecular flexibility index (Phi) is 6.22. The summed E-state index contributed by atoms with van der Waals surface area (Å²) in [5.74, 6) is 1.02. The number of aromatic amines is 1. The van der Waals surface area contributed by atoms with Crippen LogP contribution in [0, 0.1) is 0 Å². The van der Waals surface area contributed by atoms with Crippen LogP contribution in [0.1, 0.15) is 57.8 Å². The zero-order chi connectivity index (χ0) is 23.1. The predicted octanol–water partition coefficient (Wildman–Crippen LogP) is 5.37. The highest BCUT2D eigenvalue weighted by atomic mass is 35.5. The van der Waals surface area contributed by atoms with Gasteiger partial charge in [0, 0.05) is 60.6 Å². The van der Waals surface area contributed by atoms with Crippen molar-refractivity contribution < 1.29 is 0 Å². The fourth-order valence-corrected chi connectivity index (χ4v) is 6.50. The molecule has 1 saturated heterocycles. The standard InChI is InChI=1S/C27H35ClN6/c28-25-15-18(24-17-31-27-23(24)5-2-12-30-27)16-26(32-25)34(21-8-6-19(29)7-9-21)22-10-13-33(14-11-22)20-3-1-4-20/h2,5,12,15-17,19-22H,1,3-4,6-11,13-14,29H2,(H,30,31). The third-order valence-electron chi connectivity index (χ3n) is 8.43. The van der Waals surface area contributed by atoms with Crippen molar-refractivity contribution in [3.05, 3.63) is 41.8 Å². The Labute approximate surface area is 206 Å². The number of nitrogens with zero attached hydrogens (tertiary/aromatic N) is 4. The molecule has 3 fully saturated rings. The molecule has 0 amide bonds. The van der Waals surface area contributed by atoms with E-state index >= 15 is 0 Å². The highest BCUT2D eigenvalue weighted by Crippen LogP contribution is 2.37. The second kappa shape index (κ2) is 9.48. The van der Waals surface area contributed by atoms with Crippen LogP contribution in [-0.4, -0.2) is 57.1 Å². The third kappa shape index (κ3) is 4.32. The molecule has 2 aliphatic carbocycles. The molecule has 2 saturated carbocycles. The van der Waals surface area contributed by atoms with E-state index in [0.717, 1.165) is 59.7 Å². The number of piperidine rings is 1. The van der Waals surface area contributed by atoms with Gasteiger partial charge in [-0.05, 0) is 81.2 Å². The maximum atomic E-state index is 6.66. The van der Waals surface area contributed by atoms with Gasteiger partial charge in [0.25, 0.3) is 0 Å². The predicted molar refractivity (Wildman–Crippen MR) is 139 cm³/mol. The highest BCUT2D eigenvalue weighted by molar-refractivity contribution is 6.29. The van der Waals surface area contributed by atoms with Crippen LogP contribution in [0.25, 0.3) is 22.2 Å². The number of likely N-dealkylation sites (tertiary alicyclic amines) is 1. The lowest BCUT2D eigenvalue weighted by Gasteiger charge is -2.47. The van der Waals surface area contributed by atoms with E-state index in [4.69, 9.17) is 22.3 Å². The molecule has 6 rings (SSSR count). The smallest absolute Gasteiger partial charge is 0.137 e. The lowest BCUT2D eigenvalue weighted by Crippen LogP contribution is -2.53. The normalized spacial score (nSPS) is 24.9. The van der Waals surface area contributed by atoms with Crippen molar-refractivity contribution in [2.24, 2.45) is 5.73 Å². The third-order valence-corrected chi connectivity index (χ3v) is 8.62. The second-order valence-corrected chi connectivity index (χ2v) is 10.9. The minimum absolute atomic E-state index is 0.333. The quantitative estimate of drug-likeness (QED) is 0.482. The van der Waals surface area contributed by atoms with Gasteiger partial charge in [-0.2, -0.15) is 0 Å². The van der Waals surface area contributed by atoms with Gasteiger partial charge in [-0.15, -0.1) is 0 Å². The summed E-state index contributed by atoms with van der Waals surface area (Å²) in [7, 11) is 0. The van der Waals surface area contributed by atoms with Crippen molar-refractivity contribution in [1.29, 1.82) is 0 Å². The Hall–Kier alpha value is -2.15. The fourth-order valence-electron chi connectivity index (χ4n) is 6.30. The van der Waals surface area contributed by atoms with Crippen LogP contribution in [-0.2, 0) is 0 Å². The van der Waals surface area contributed by atoms with Gasteiger partial charge >= 0.3 is 0 Å². The number of aromatic nitrogens is 3. The maximum absolute atomic E-state index is 6.66. The van der Waals surface area contributed by atoms with Gasteiger partial charge in [0.1, 0.15) is 16.6 Å². The van der Waals surface area contributed by atoms with Crippen molar-refractivity contribution in [1.82, 2.24) is 19.9 Å². The van der Waals surface area contributed by atoms with Crippen LogP contribution in [0.15, 0.2) is 36.7 Å². The average Bonchev–Trinajstić information content (AvgIpc) is 3.24. The van der Waals surface area contributed by atoms with Crippen molar-refractivity contribution >= 4 is 28.5 Å². The van der Waals surface area contributed by atoms with Crippen molar-refractivity contribution in [2.45, 2.75) is 82.0 Å². The molecule has 6 nitrogen and oxygen atoms in total. The molecule has 1 aliphatic heterocycles. The molecule has 180 valence electrons. The molecule has 0 aromatic carbocycles. The van der Waals surface area contributed by atoms with Crippen LogP contribution >= 0.6 is 11.6 Å². The Morgan fingerprint density at radius 1 is 1.00 bits per heavy atom. The first-order chi connectivity index (χ1) is 16.7. The summed E-state index contributed by atoms with van der Waals surface area (Å²) in [6.45, 7) is 2.39. The number of nitrogens with two attached hydrogens (primary N) is 1. The molecule has 3 aromatic rings. The van der Waals surface area contributed by atoms with Crippen LogP contribution in [0.5, 0.6) is 0 Å². The Morgan fingerprint density at radius 2 is 1.76 bits per heavy atom. The van der Waals surface area contributed by atoms with Crippen molar-refractivity contribution in [2.75, 3.05) is 18.0 Å². The number of nitrogens with one attached hydrogen (secondary N) is 1. The van der Waals surface area contributed by atoms with E-state index in [1.54, 1.807) is 0 Å². The molecule has 0 atom stereocenters. The van der Waals surface area contributed by atoms with Gasteiger partial charge in [-0.1, -0.05) is 18.0 Å². The summed E-state index contributed by atoms with van der Waals surface area (Å²) in [4.78, 5) is 18.0. The molecule has 0 unspecified atom stereocenters. The summed E-state index contributed by atoms with van der Waals surface area (Å²) in [6.07, 6.45) is 14.8. The minimum Gasteiger partial charge on any atom is -0.350 e. The molecule has 0 spiro atoms. The first-order valence-corrected chi connectivity index (χ1v) is 13.4. The summed E-state index contributed by atoms with van der Waals surface area (Å²) in [6, 6.07) is 10.5. The summed E-state index contributed by atoms with van der Waals surface area (Å²) in [5, 5.41) is 1.66. The monoisotopic (exact) mass is 478 g/mol. The van der Waals surface area contributed by atoms with E-state index in [-0.39, 0.29) is 0 Å². The van der Waals surface area contributed by atoms with Crippen LogP contribution in [0.4, 0.5) is 5.82 Å². The van der Waals surface area contributed by atoms with Gasteiger partial charge in [0.15, 0.2) is 0 Å². The first-order valence-electron chi connectivity index (χ1n) is 13.0. The number of fused-ring (bicyclic) bond motifs is 1. The molecule has 34 heavy (non-hydrogen) atoms. The van der Waals surface area contributed by atoms with E-state index in [1.807, 2.05) is 24.5 Å². The summed E-state index contributed by atoms with van der Waals surface area (Å²) < 4.78 is 0. The number of H-pyrrole nitrogens is 1. The highest BCUT2D eigenvalue weighted by Gasteiger charge is 2.35. The molecule has 3 aliphatic rings. The molecular weight excluding hydrogens is 444 g/mol. The van der Waals surface area contributed by atoms with Crippen LogP contribution < -0.4 is 10.6 Å². The van der Waals surface area contributed by atoms with E-state index in [1.165, 1.54) is 45.2 Å². The number of hydrogen-bond acceptors (Lipinski definition) is 5. The Morgan fingerprint density at radius 3 is 2.50 bits per heavy atom. The molecule has 3 N–H and O–H groups in total. The molecule has 4 heterocycles. The summed E-state index contributed by atoms with van der Waals surface area (Å²) >= 11 is 6.66. The lowest BCUT2D eigenvalue weighted by atomic mass is 9.87. The average molecular weight is 479 g/mol. The number of pyridine rings is 2. The van der Waals surface area contributed by atoms with Crippen LogP contribution in [0.2, 0.25) is 5.15 Å². The van der Waals surface area contributed by atoms with E-state index in [9.17, 15) is 0 Å².